The molecule has 0 aliphatic heterocycles. The number of nitrogens with zero attached hydrogens (tertiary/aromatic N) is 1. The van der Waals surface area contributed by atoms with Gasteiger partial charge in [0.2, 0.25) is 0 Å². The van der Waals surface area contributed by atoms with E-state index in [1.807, 2.05) is 10.9 Å². The lowest BCUT2D eigenvalue weighted by Gasteiger charge is -2.09. The van der Waals surface area contributed by atoms with Gasteiger partial charge in [-0.05, 0) is 18.8 Å². The van der Waals surface area contributed by atoms with Gasteiger partial charge >= 0.3 is 0 Å². The van der Waals surface area contributed by atoms with Crippen LogP contribution in [0.1, 0.15) is 38.4 Å². The summed E-state index contributed by atoms with van der Waals surface area (Å²) in [5, 5.41) is 2.03. The summed E-state index contributed by atoms with van der Waals surface area (Å²) < 4.78 is 0. The van der Waals surface area contributed by atoms with E-state index in [1.54, 1.807) is 11.3 Å². The lowest BCUT2D eigenvalue weighted by molar-refractivity contribution is 0.502. The van der Waals surface area contributed by atoms with E-state index in [1.165, 1.54) is 6.42 Å². The van der Waals surface area contributed by atoms with Crippen molar-refractivity contribution in [2.45, 2.75) is 32.7 Å². The highest BCUT2D eigenvalue weighted by atomic mass is 32.1. The molecule has 2 N–H and O–H groups in total. The molecule has 0 fully saturated rings. The van der Waals surface area contributed by atoms with Gasteiger partial charge in [0.1, 0.15) is 0 Å². The second kappa shape index (κ2) is 4.58. The quantitative estimate of drug-likeness (QED) is 0.781. The number of hydrogen-bond acceptors (Lipinski definition) is 3. The Morgan fingerprint density at radius 1 is 1.50 bits per heavy atom. The van der Waals surface area contributed by atoms with Crippen molar-refractivity contribution in [2.75, 3.05) is 0 Å². The van der Waals surface area contributed by atoms with E-state index in [-0.39, 0.29) is 6.04 Å². The first-order valence-corrected chi connectivity index (χ1v) is 5.28. The second-order valence-corrected chi connectivity index (χ2v) is 4.21. The first kappa shape index (κ1) is 9.68. The van der Waals surface area contributed by atoms with Crippen molar-refractivity contribution in [1.82, 2.24) is 4.98 Å². The Balaban J connectivity index is 2.34. The summed E-state index contributed by atoms with van der Waals surface area (Å²) in [5.41, 5.74) is 8.81. The van der Waals surface area contributed by atoms with Crippen LogP contribution < -0.4 is 5.73 Å². The molecule has 0 saturated heterocycles. The van der Waals surface area contributed by atoms with Crippen LogP contribution in [0.3, 0.4) is 0 Å². The summed E-state index contributed by atoms with van der Waals surface area (Å²) in [4.78, 5) is 4.19. The molecule has 3 heteroatoms. The minimum absolute atomic E-state index is 0.138. The second-order valence-electron chi connectivity index (χ2n) is 3.49. The predicted molar refractivity (Wildman–Crippen MR) is 53.1 cm³/mol. The summed E-state index contributed by atoms with van der Waals surface area (Å²) in [6, 6.07) is 0.138. The number of aromatic nitrogens is 1. The zero-order valence-electron chi connectivity index (χ0n) is 7.66. The molecule has 0 saturated carbocycles. The van der Waals surface area contributed by atoms with Crippen LogP contribution in [-0.2, 0) is 0 Å². The molecule has 0 amide bonds. The van der Waals surface area contributed by atoms with Crippen LogP contribution >= 0.6 is 11.3 Å². The molecule has 12 heavy (non-hydrogen) atoms. The highest BCUT2D eigenvalue weighted by Crippen LogP contribution is 2.17. The van der Waals surface area contributed by atoms with E-state index in [4.69, 9.17) is 5.73 Å². The molecule has 0 spiro atoms. The fraction of sp³-hybridized carbons (Fsp3) is 0.667. The van der Waals surface area contributed by atoms with E-state index >= 15 is 0 Å². The Bertz CT molecular complexity index is 206. The summed E-state index contributed by atoms with van der Waals surface area (Å²) in [5.74, 6) is 0.731. The number of thiazole rings is 1. The van der Waals surface area contributed by atoms with Gasteiger partial charge in [0.05, 0.1) is 11.2 Å². The third kappa shape index (κ3) is 2.91. The van der Waals surface area contributed by atoms with E-state index in [0.717, 1.165) is 18.0 Å². The lowest BCUT2D eigenvalue weighted by atomic mass is 10.0. The zero-order chi connectivity index (χ0) is 8.97. The lowest BCUT2D eigenvalue weighted by Crippen LogP contribution is -2.11. The van der Waals surface area contributed by atoms with E-state index in [0.29, 0.717) is 0 Å². The van der Waals surface area contributed by atoms with Crippen LogP contribution in [0.15, 0.2) is 10.9 Å². The standard InChI is InChI=1S/C9H16N2S/c1-7(2)3-4-8(10)9-5-12-6-11-9/h5-8H,3-4,10H2,1-2H3. The van der Waals surface area contributed by atoms with Gasteiger partial charge in [0, 0.05) is 11.4 Å². The van der Waals surface area contributed by atoms with Crippen molar-refractivity contribution in [3.05, 3.63) is 16.6 Å². The topological polar surface area (TPSA) is 38.9 Å². The molecule has 1 heterocycles. The molecule has 0 aromatic carbocycles. The van der Waals surface area contributed by atoms with Crippen molar-refractivity contribution in [3.8, 4) is 0 Å². The number of nitrogens with two attached hydrogens (primary N) is 1. The Morgan fingerprint density at radius 3 is 2.75 bits per heavy atom. The van der Waals surface area contributed by atoms with Gasteiger partial charge in [-0.3, -0.25) is 0 Å². The average molecular weight is 184 g/mol. The fourth-order valence-corrected chi connectivity index (χ4v) is 1.68. The molecule has 68 valence electrons. The molecule has 1 aromatic rings. The SMILES string of the molecule is CC(C)CCC(N)c1cscn1. The van der Waals surface area contributed by atoms with Crippen LogP contribution in [0.25, 0.3) is 0 Å². The molecule has 0 aliphatic rings. The van der Waals surface area contributed by atoms with Crippen molar-refractivity contribution >= 4 is 11.3 Å². The zero-order valence-corrected chi connectivity index (χ0v) is 8.47. The number of hydrogen-bond donors (Lipinski definition) is 1. The third-order valence-corrected chi connectivity index (χ3v) is 2.49. The first-order chi connectivity index (χ1) is 5.70. The molecule has 1 atom stereocenters. The van der Waals surface area contributed by atoms with Gasteiger partial charge in [-0.25, -0.2) is 4.98 Å². The molecular weight excluding hydrogens is 168 g/mol. The minimum Gasteiger partial charge on any atom is -0.323 e. The van der Waals surface area contributed by atoms with Crippen molar-refractivity contribution in [2.24, 2.45) is 11.7 Å². The first-order valence-electron chi connectivity index (χ1n) is 4.34. The highest BCUT2D eigenvalue weighted by molar-refractivity contribution is 7.07. The molecule has 1 unspecified atom stereocenters. The summed E-state index contributed by atoms with van der Waals surface area (Å²) >= 11 is 1.61. The average Bonchev–Trinajstić information content (AvgIpc) is 2.51. The molecule has 0 radical (unpaired) electrons. The van der Waals surface area contributed by atoms with Crippen molar-refractivity contribution in [1.29, 1.82) is 0 Å². The van der Waals surface area contributed by atoms with Crippen LogP contribution in [0, 0.1) is 5.92 Å². The maximum atomic E-state index is 5.93. The van der Waals surface area contributed by atoms with E-state index < -0.39 is 0 Å². The number of rotatable bonds is 4. The van der Waals surface area contributed by atoms with E-state index in [9.17, 15) is 0 Å². The third-order valence-electron chi connectivity index (χ3n) is 1.89. The Kier molecular flexibility index (Phi) is 3.69. The van der Waals surface area contributed by atoms with Gasteiger partial charge < -0.3 is 5.73 Å². The smallest absolute Gasteiger partial charge is 0.0795 e. The van der Waals surface area contributed by atoms with Crippen molar-refractivity contribution in [3.63, 3.8) is 0 Å². The minimum atomic E-state index is 0.138. The van der Waals surface area contributed by atoms with Crippen LogP contribution in [-0.4, -0.2) is 4.98 Å². The summed E-state index contributed by atoms with van der Waals surface area (Å²) in [6.45, 7) is 4.43. The molecule has 1 aromatic heterocycles. The normalized spacial score (nSPS) is 13.7. The molecular formula is C9H16N2S. The van der Waals surface area contributed by atoms with Crippen LogP contribution in [0.2, 0.25) is 0 Å². The molecule has 2 nitrogen and oxygen atoms in total. The van der Waals surface area contributed by atoms with Gasteiger partial charge in [-0.15, -0.1) is 11.3 Å². The highest BCUT2D eigenvalue weighted by Gasteiger charge is 2.07. The predicted octanol–water partition coefficient (Wildman–Crippen LogP) is 2.58. The summed E-state index contributed by atoms with van der Waals surface area (Å²) in [6.07, 6.45) is 2.22. The maximum Gasteiger partial charge on any atom is 0.0795 e. The molecule has 0 bridgehead atoms. The summed E-state index contributed by atoms with van der Waals surface area (Å²) in [7, 11) is 0. The Labute approximate surface area is 77.8 Å². The Hall–Kier alpha value is -0.410. The van der Waals surface area contributed by atoms with Crippen LogP contribution in [0.5, 0.6) is 0 Å². The molecule has 1 rings (SSSR count). The monoisotopic (exact) mass is 184 g/mol. The van der Waals surface area contributed by atoms with E-state index in [2.05, 4.69) is 18.8 Å². The fourth-order valence-electron chi connectivity index (χ4n) is 1.07. The Morgan fingerprint density at radius 2 is 2.25 bits per heavy atom. The molecule has 0 aliphatic carbocycles. The van der Waals surface area contributed by atoms with Gasteiger partial charge in [0.25, 0.3) is 0 Å². The van der Waals surface area contributed by atoms with Gasteiger partial charge in [-0.1, -0.05) is 13.8 Å². The maximum absolute atomic E-state index is 5.93. The van der Waals surface area contributed by atoms with Gasteiger partial charge in [-0.2, -0.15) is 0 Å². The largest absolute Gasteiger partial charge is 0.323 e. The van der Waals surface area contributed by atoms with Gasteiger partial charge in [0.15, 0.2) is 0 Å². The van der Waals surface area contributed by atoms with Crippen LogP contribution in [0.4, 0.5) is 0 Å². The van der Waals surface area contributed by atoms with Crippen molar-refractivity contribution < 1.29 is 0 Å².